The lowest BCUT2D eigenvalue weighted by molar-refractivity contribution is -0.147. The number of para-hydroxylation sites is 2. The lowest BCUT2D eigenvalue weighted by Crippen LogP contribution is -2.22. The van der Waals surface area contributed by atoms with Crippen LogP contribution in [0.15, 0.2) is 42.5 Å². The van der Waals surface area contributed by atoms with Gasteiger partial charge in [0.15, 0.2) is 18.1 Å². The maximum Gasteiger partial charge on any atom is 0.309 e. The minimum Gasteiger partial charge on any atom is -0.490 e. The normalized spacial score (nSPS) is 10.2. The largest absolute Gasteiger partial charge is 0.490 e. The van der Waals surface area contributed by atoms with Crippen LogP contribution in [-0.4, -0.2) is 31.7 Å². The molecule has 0 aliphatic rings. The Labute approximate surface area is 163 Å². The van der Waals surface area contributed by atoms with Gasteiger partial charge in [0.2, 0.25) is 0 Å². The molecule has 0 heterocycles. The Morgan fingerprint density at radius 1 is 1.04 bits per heavy atom. The third kappa shape index (κ3) is 6.49. The van der Waals surface area contributed by atoms with E-state index in [4.69, 9.17) is 25.8 Å². The van der Waals surface area contributed by atoms with Gasteiger partial charge >= 0.3 is 5.97 Å². The van der Waals surface area contributed by atoms with E-state index in [2.05, 4.69) is 5.32 Å². The van der Waals surface area contributed by atoms with E-state index in [1.165, 1.54) is 0 Å². The van der Waals surface area contributed by atoms with Crippen LogP contribution in [0.25, 0.3) is 0 Å². The number of halogens is 1. The second-order valence-electron chi connectivity index (χ2n) is 5.60. The molecule has 2 rings (SSSR count). The zero-order valence-electron chi connectivity index (χ0n) is 15.3. The van der Waals surface area contributed by atoms with Crippen LogP contribution in [0.3, 0.4) is 0 Å². The summed E-state index contributed by atoms with van der Waals surface area (Å²) >= 11 is 6.00. The van der Waals surface area contributed by atoms with Crippen LogP contribution in [0.4, 0.5) is 5.69 Å². The van der Waals surface area contributed by atoms with Gasteiger partial charge in [0.05, 0.1) is 19.6 Å². The molecule has 2 aromatic carbocycles. The van der Waals surface area contributed by atoms with Crippen LogP contribution in [-0.2, 0) is 14.3 Å². The maximum absolute atomic E-state index is 11.9. The second-order valence-corrected chi connectivity index (χ2v) is 6.01. The van der Waals surface area contributed by atoms with Gasteiger partial charge in [-0.25, -0.2) is 0 Å². The summed E-state index contributed by atoms with van der Waals surface area (Å²) in [5, 5.41) is 3.21. The fourth-order valence-electron chi connectivity index (χ4n) is 2.24. The maximum atomic E-state index is 11.9. The number of esters is 1. The molecule has 0 saturated carbocycles. The summed E-state index contributed by atoms with van der Waals surface area (Å²) in [5.41, 5.74) is 1.33. The summed E-state index contributed by atoms with van der Waals surface area (Å²) in [6.45, 7) is 3.94. The highest BCUT2D eigenvalue weighted by Crippen LogP contribution is 2.26. The third-order valence-corrected chi connectivity index (χ3v) is 4.03. The number of carbonyl (C=O) groups excluding carboxylic acids is 2. The SMILES string of the molecule is CCOc1ccccc1OCCC(=O)OCC(=O)Nc1cccc(Cl)c1C. The molecular formula is C20H22ClNO5. The predicted molar refractivity (Wildman–Crippen MR) is 104 cm³/mol. The molecule has 0 radical (unpaired) electrons. The van der Waals surface area contributed by atoms with E-state index in [1.54, 1.807) is 37.3 Å². The molecule has 6 nitrogen and oxygen atoms in total. The number of anilines is 1. The summed E-state index contributed by atoms with van der Waals surface area (Å²) in [6.07, 6.45) is 0.0178. The van der Waals surface area contributed by atoms with Gasteiger partial charge in [0.1, 0.15) is 0 Å². The molecule has 0 aliphatic heterocycles. The van der Waals surface area contributed by atoms with Crippen molar-refractivity contribution in [3.8, 4) is 11.5 Å². The van der Waals surface area contributed by atoms with Crippen molar-refractivity contribution in [2.45, 2.75) is 20.3 Å². The molecule has 0 fully saturated rings. The number of nitrogens with one attached hydrogen (secondary N) is 1. The minimum atomic E-state index is -0.526. The summed E-state index contributed by atoms with van der Waals surface area (Å²) in [7, 11) is 0. The highest BCUT2D eigenvalue weighted by molar-refractivity contribution is 6.31. The van der Waals surface area contributed by atoms with Crippen LogP contribution in [0.1, 0.15) is 18.9 Å². The number of benzene rings is 2. The van der Waals surface area contributed by atoms with E-state index in [0.29, 0.717) is 28.8 Å². The zero-order valence-corrected chi connectivity index (χ0v) is 16.0. The third-order valence-electron chi connectivity index (χ3n) is 3.62. The first-order valence-corrected chi connectivity index (χ1v) is 8.94. The van der Waals surface area contributed by atoms with Crippen molar-refractivity contribution in [3.63, 3.8) is 0 Å². The van der Waals surface area contributed by atoms with E-state index >= 15 is 0 Å². The van der Waals surface area contributed by atoms with Crippen molar-refractivity contribution in [1.29, 1.82) is 0 Å². The quantitative estimate of drug-likeness (QED) is 0.654. The molecule has 0 aliphatic carbocycles. The Bertz CT molecular complexity index is 794. The van der Waals surface area contributed by atoms with Gasteiger partial charge in [0, 0.05) is 10.7 Å². The van der Waals surface area contributed by atoms with Crippen molar-refractivity contribution >= 4 is 29.2 Å². The van der Waals surface area contributed by atoms with Crippen molar-refractivity contribution in [2.24, 2.45) is 0 Å². The number of rotatable bonds is 9. The summed E-state index contributed by atoms with van der Waals surface area (Å²) in [5.74, 6) is 0.212. The molecule has 27 heavy (non-hydrogen) atoms. The Kier molecular flexibility index (Phi) is 7.95. The van der Waals surface area contributed by atoms with Gasteiger partial charge in [-0.1, -0.05) is 29.8 Å². The van der Waals surface area contributed by atoms with E-state index in [1.807, 2.05) is 19.1 Å². The molecular weight excluding hydrogens is 370 g/mol. The van der Waals surface area contributed by atoms with Crippen LogP contribution < -0.4 is 14.8 Å². The van der Waals surface area contributed by atoms with Crippen molar-refractivity contribution < 1.29 is 23.8 Å². The molecule has 144 valence electrons. The average Bonchev–Trinajstić information content (AvgIpc) is 2.65. The number of amides is 1. The molecule has 0 saturated heterocycles. The van der Waals surface area contributed by atoms with Crippen LogP contribution in [0.2, 0.25) is 5.02 Å². The molecule has 0 bridgehead atoms. The summed E-state index contributed by atoms with van der Waals surface area (Å²) in [4.78, 5) is 23.7. The minimum absolute atomic E-state index is 0.0178. The molecule has 7 heteroatoms. The number of ether oxygens (including phenoxy) is 3. The molecule has 1 amide bonds. The molecule has 0 unspecified atom stereocenters. The molecule has 0 aromatic heterocycles. The van der Waals surface area contributed by atoms with E-state index < -0.39 is 11.9 Å². The number of hydrogen-bond acceptors (Lipinski definition) is 5. The van der Waals surface area contributed by atoms with Crippen LogP contribution in [0, 0.1) is 6.92 Å². The second kappa shape index (κ2) is 10.4. The molecule has 2 aromatic rings. The monoisotopic (exact) mass is 391 g/mol. The Hall–Kier alpha value is -2.73. The Morgan fingerprint density at radius 2 is 1.74 bits per heavy atom. The highest BCUT2D eigenvalue weighted by Gasteiger charge is 2.11. The van der Waals surface area contributed by atoms with Crippen molar-refractivity contribution in [2.75, 3.05) is 25.1 Å². The van der Waals surface area contributed by atoms with Crippen LogP contribution in [0.5, 0.6) is 11.5 Å². The first-order valence-electron chi connectivity index (χ1n) is 8.56. The predicted octanol–water partition coefficient (Wildman–Crippen LogP) is 4.00. The molecule has 0 atom stereocenters. The van der Waals surface area contributed by atoms with Crippen molar-refractivity contribution in [3.05, 3.63) is 53.1 Å². The van der Waals surface area contributed by atoms with Gasteiger partial charge in [-0.3, -0.25) is 9.59 Å². The highest BCUT2D eigenvalue weighted by atomic mass is 35.5. The Balaban J connectivity index is 1.73. The molecule has 1 N–H and O–H groups in total. The van der Waals surface area contributed by atoms with Gasteiger partial charge < -0.3 is 19.5 Å². The first kappa shape index (κ1) is 20.6. The topological polar surface area (TPSA) is 73.9 Å². The summed E-state index contributed by atoms with van der Waals surface area (Å²) < 4.78 is 16.0. The standard InChI is InChI=1S/C20H22ClNO5/c1-3-25-17-9-4-5-10-18(17)26-12-11-20(24)27-13-19(23)22-16-8-6-7-15(21)14(16)2/h4-10H,3,11-13H2,1-2H3,(H,22,23). The fraction of sp³-hybridized carbons (Fsp3) is 0.300. The lowest BCUT2D eigenvalue weighted by Gasteiger charge is -2.12. The van der Waals surface area contributed by atoms with Gasteiger partial charge in [-0.2, -0.15) is 0 Å². The zero-order chi connectivity index (χ0) is 19.6. The van der Waals surface area contributed by atoms with Gasteiger partial charge in [-0.15, -0.1) is 0 Å². The smallest absolute Gasteiger partial charge is 0.309 e. The molecule has 0 spiro atoms. The van der Waals surface area contributed by atoms with Crippen molar-refractivity contribution in [1.82, 2.24) is 0 Å². The number of hydrogen-bond donors (Lipinski definition) is 1. The first-order chi connectivity index (χ1) is 13.0. The van der Waals surface area contributed by atoms with E-state index in [9.17, 15) is 9.59 Å². The number of carbonyl (C=O) groups is 2. The summed E-state index contributed by atoms with van der Waals surface area (Å²) in [6, 6.07) is 12.4. The van der Waals surface area contributed by atoms with E-state index in [-0.39, 0.29) is 19.6 Å². The van der Waals surface area contributed by atoms with Gasteiger partial charge in [0.25, 0.3) is 5.91 Å². The van der Waals surface area contributed by atoms with Gasteiger partial charge in [-0.05, 0) is 43.7 Å². The van der Waals surface area contributed by atoms with E-state index in [0.717, 1.165) is 5.56 Å². The lowest BCUT2D eigenvalue weighted by atomic mass is 10.2. The van der Waals surface area contributed by atoms with Crippen LogP contribution >= 0.6 is 11.6 Å². The Morgan fingerprint density at radius 3 is 2.44 bits per heavy atom. The fourth-order valence-corrected chi connectivity index (χ4v) is 2.41. The average molecular weight is 392 g/mol.